The maximum Gasteiger partial charge on any atom is 0.419 e. The van der Waals surface area contributed by atoms with Crippen molar-refractivity contribution in [2.75, 3.05) is 50.0 Å². The third-order valence-corrected chi connectivity index (χ3v) is 12.5. The molecule has 276 valence electrons. The van der Waals surface area contributed by atoms with Gasteiger partial charge in [-0.15, -0.1) is 11.3 Å². The van der Waals surface area contributed by atoms with Crippen molar-refractivity contribution < 1.29 is 45.0 Å². The van der Waals surface area contributed by atoms with Gasteiger partial charge in [0, 0.05) is 49.0 Å². The number of fused-ring (bicyclic) bond motifs is 5. The number of nitrogens with zero attached hydrogens (tertiary/aromatic N) is 5. The fourth-order valence-corrected chi connectivity index (χ4v) is 10.2. The summed E-state index contributed by atoms with van der Waals surface area (Å²) in [5.41, 5.74) is -1.60. The molecule has 3 N–H and O–H groups in total. The molecule has 5 heterocycles. The lowest BCUT2D eigenvalue weighted by Gasteiger charge is -2.38. The van der Waals surface area contributed by atoms with Crippen molar-refractivity contribution >= 4 is 43.1 Å². The number of piperidine rings is 1. The van der Waals surface area contributed by atoms with Gasteiger partial charge in [0.25, 0.3) is 0 Å². The second-order valence-corrected chi connectivity index (χ2v) is 15.4. The average molecular weight is 753 g/mol. The number of rotatable bonds is 6. The molecule has 4 unspecified atom stereocenters. The molecule has 0 radical (unpaired) electrons. The lowest BCUT2D eigenvalue weighted by molar-refractivity contribution is -0.141. The highest BCUT2D eigenvalue weighted by molar-refractivity contribution is 7.23. The highest BCUT2D eigenvalue weighted by atomic mass is 32.1. The number of anilines is 2. The van der Waals surface area contributed by atoms with Gasteiger partial charge in [-0.1, -0.05) is 6.07 Å². The summed E-state index contributed by atoms with van der Waals surface area (Å²) in [5, 5.41) is 18.6. The quantitative estimate of drug-likeness (QED) is 0.194. The number of alkyl halides is 7. The number of benzene rings is 2. The number of nitriles is 1. The summed E-state index contributed by atoms with van der Waals surface area (Å²) in [7, 11) is 0. The van der Waals surface area contributed by atoms with Gasteiger partial charge in [-0.05, 0) is 67.7 Å². The number of thiophene rings is 1. The zero-order chi connectivity index (χ0) is 36.9. The summed E-state index contributed by atoms with van der Waals surface area (Å²) in [6.45, 7) is 0.987. The van der Waals surface area contributed by atoms with Crippen molar-refractivity contribution in [1.29, 1.82) is 5.26 Å². The maximum atomic E-state index is 15.6. The van der Waals surface area contributed by atoms with Crippen molar-refractivity contribution in [3.05, 3.63) is 40.7 Å². The van der Waals surface area contributed by atoms with Crippen LogP contribution >= 0.6 is 11.3 Å². The zero-order valence-electron chi connectivity index (χ0n) is 27.4. The average Bonchev–Trinajstić information content (AvgIpc) is 3.78. The first-order chi connectivity index (χ1) is 24.6. The molecule has 8 rings (SSSR count). The highest BCUT2D eigenvalue weighted by Crippen LogP contribution is 2.53. The van der Waals surface area contributed by atoms with E-state index in [9.17, 15) is 14.8 Å². The number of hydrogen-bond donors (Lipinski definition) is 2. The van der Waals surface area contributed by atoms with Crippen molar-refractivity contribution in [3.63, 3.8) is 0 Å². The van der Waals surface area contributed by atoms with Crippen LogP contribution in [-0.2, 0) is 12.4 Å². The fourth-order valence-electron chi connectivity index (χ4n) is 9.28. The number of aromatic nitrogens is 2. The molecule has 4 atom stereocenters. The van der Waals surface area contributed by atoms with Crippen LogP contribution in [-0.4, -0.2) is 71.1 Å². The van der Waals surface area contributed by atoms with Gasteiger partial charge >= 0.3 is 18.4 Å². The van der Waals surface area contributed by atoms with Gasteiger partial charge in [-0.25, -0.2) is 8.78 Å². The van der Waals surface area contributed by atoms with Gasteiger partial charge in [0.05, 0.1) is 32.4 Å². The van der Waals surface area contributed by atoms with Crippen LogP contribution in [0.15, 0.2) is 18.2 Å². The van der Waals surface area contributed by atoms with E-state index in [2.05, 4.69) is 9.97 Å². The van der Waals surface area contributed by atoms with E-state index >= 15 is 30.7 Å². The molecule has 2 bridgehead atoms. The lowest BCUT2D eigenvalue weighted by Crippen LogP contribution is -2.44. The Hall–Kier alpha value is -4.01. The smallest absolute Gasteiger partial charge is 0.419 e. The molecule has 3 saturated heterocycles. The van der Waals surface area contributed by atoms with Gasteiger partial charge in [0.2, 0.25) is 0 Å². The van der Waals surface area contributed by atoms with Gasteiger partial charge in [-0.2, -0.15) is 41.6 Å². The van der Waals surface area contributed by atoms with Crippen LogP contribution in [0.4, 0.5) is 45.9 Å². The summed E-state index contributed by atoms with van der Waals surface area (Å²) in [4.78, 5) is 12.2. The number of aliphatic hydroxyl groups is 1. The third-order valence-electron chi connectivity index (χ3n) is 11.5. The molecule has 2 aromatic heterocycles. The summed E-state index contributed by atoms with van der Waals surface area (Å²) in [6, 6.07) is 3.31. The Labute approximate surface area is 295 Å². The minimum atomic E-state index is -5.47. The first-order valence-corrected chi connectivity index (χ1v) is 17.8. The van der Waals surface area contributed by atoms with Gasteiger partial charge in [0.1, 0.15) is 35.5 Å². The van der Waals surface area contributed by atoms with E-state index in [1.54, 1.807) is 11.0 Å². The van der Waals surface area contributed by atoms with E-state index in [4.69, 9.17) is 10.5 Å². The third kappa shape index (κ3) is 5.51. The minimum absolute atomic E-state index is 0.0696. The first kappa shape index (κ1) is 35.0. The molecule has 52 heavy (non-hydrogen) atoms. The number of nitrogen functional groups attached to an aromatic ring is 1. The van der Waals surface area contributed by atoms with Crippen molar-refractivity contribution in [3.8, 4) is 23.2 Å². The maximum absolute atomic E-state index is 15.6. The first-order valence-electron chi connectivity index (χ1n) is 17.0. The van der Waals surface area contributed by atoms with Gasteiger partial charge in [-0.3, -0.25) is 4.90 Å². The van der Waals surface area contributed by atoms with Crippen LogP contribution in [0, 0.1) is 34.9 Å². The monoisotopic (exact) mass is 752 g/mol. The molecule has 17 heteroatoms. The van der Waals surface area contributed by atoms with Crippen molar-refractivity contribution in [1.82, 2.24) is 14.9 Å². The van der Waals surface area contributed by atoms with Crippen LogP contribution < -0.4 is 15.4 Å². The number of halogens is 8. The zero-order valence-corrected chi connectivity index (χ0v) is 28.2. The molecule has 1 saturated carbocycles. The Morgan fingerprint density at radius 2 is 1.81 bits per heavy atom. The van der Waals surface area contributed by atoms with E-state index in [0.29, 0.717) is 30.4 Å². The molecule has 0 amide bonds. The Bertz CT molecular complexity index is 2120. The topological polar surface area (TPSA) is 112 Å². The highest BCUT2D eigenvalue weighted by Gasteiger charge is 2.50. The van der Waals surface area contributed by atoms with E-state index in [1.165, 1.54) is 0 Å². The Kier molecular flexibility index (Phi) is 8.27. The van der Waals surface area contributed by atoms with Gasteiger partial charge < -0.3 is 20.5 Å². The SMILES string of the molecule is N#Cc1c(N)sc2c(F)ccc(-c3c(C(F)(F)F)cc4c(N5CC6CCC(C5)C6CO)nc(OCC56CCCN5CC(F)C6)nc4c3C(F)(F)F)c12. The van der Waals surface area contributed by atoms with Crippen molar-refractivity contribution in [2.24, 2.45) is 17.8 Å². The van der Waals surface area contributed by atoms with Crippen LogP contribution in [0.25, 0.3) is 32.1 Å². The molecule has 0 spiro atoms. The molecular weight excluding hydrogens is 720 g/mol. The lowest BCUT2D eigenvalue weighted by atomic mass is 9.85. The Morgan fingerprint density at radius 1 is 1.08 bits per heavy atom. The molecule has 1 aliphatic carbocycles. The minimum Gasteiger partial charge on any atom is -0.461 e. The molecule has 8 nitrogen and oxygen atoms in total. The molecule has 4 fully saturated rings. The number of hydrogen-bond acceptors (Lipinski definition) is 9. The Morgan fingerprint density at radius 3 is 2.46 bits per heavy atom. The predicted molar refractivity (Wildman–Crippen MR) is 177 cm³/mol. The number of ether oxygens (including phenoxy) is 1. The second kappa shape index (κ2) is 12.3. The summed E-state index contributed by atoms with van der Waals surface area (Å²) in [6.07, 6.45) is -9.05. The number of nitrogens with two attached hydrogens (primary N) is 1. The largest absolute Gasteiger partial charge is 0.461 e. The summed E-state index contributed by atoms with van der Waals surface area (Å²) >= 11 is 0.544. The fraction of sp³-hybridized carbons (Fsp3) is 0.514. The normalized spacial score (nSPS) is 26.4. The van der Waals surface area contributed by atoms with Crippen LogP contribution in [0.5, 0.6) is 6.01 Å². The Balaban J connectivity index is 1.41. The summed E-state index contributed by atoms with van der Waals surface area (Å²) in [5.74, 6) is -1.38. The predicted octanol–water partition coefficient (Wildman–Crippen LogP) is 7.55. The van der Waals surface area contributed by atoms with Gasteiger partial charge in [0.15, 0.2) is 0 Å². The van der Waals surface area contributed by atoms with E-state index in [1.807, 2.05) is 4.90 Å². The molecular formula is C35H32F8N6O2S. The van der Waals surface area contributed by atoms with Crippen LogP contribution in [0.2, 0.25) is 0 Å². The van der Waals surface area contributed by atoms with Crippen LogP contribution in [0.1, 0.15) is 48.8 Å². The molecule has 4 aliphatic rings. The second-order valence-electron chi connectivity index (χ2n) is 14.4. The number of aliphatic hydroxyl groups excluding tert-OH is 1. The van der Waals surface area contributed by atoms with Crippen molar-refractivity contribution in [2.45, 2.75) is 56.2 Å². The summed E-state index contributed by atoms with van der Waals surface area (Å²) < 4.78 is 127. The van der Waals surface area contributed by atoms with E-state index in [-0.39, 0.29) is 72.5 Å². The standard InChI is InChI=1S/C35H32F8N6O2S/c36-18-9-33(6-1-7-49(33)13-18)15-51-32-46-28-20(31(47-32)48-11-16-2-3-17(12-48)22(16)14-50)8-23(34(38,39)40)26(27(28)35(41,42)43)19-4-5-24(37)29-25(19)21(10-44)30(45)52-29/h4-5,8,16-18,22,50H,1-3,6-7,9,11-15,45H2. The van der Waals surface area contributed by atoms with Crippen LogP contribution in [0.3, 0.4) is 0 Å². The molecule has 4 aromatic rings. The van der Waals surface area contributed by atoms with E-state index in [0.717, 1.165) is 31.4 Å². The molecule has 3 aliphatic heterocycles. The van der Waals surface area contributed by atoms with E-state index < -0.39 is 80.0 Å². The molecule has 2 aromatic carbocycles.